The first kappa shape index (κ1) is 13.2. The van der Waals surface area contributed by atoms with Crippen molar-refractivity contribution >= 4 is 17.7 Å². The van der Waals surface area contributed by atoms with Gasteiger partial charge < -0.3 is 9.84 Å². The number of aryl methyl sites for hydroxylation is 1. The van der Waals surface area contributed by atoms with Gasteiger partial charge in [-0.05, 0) is 37.1 Å². The fourth-order valence-electron chi connectivity index (χ4n) is 2.22. The lowest BCUT2D eigenvalue weighted by molar-refractivity contribution is 0.0897. The van der Waals surface area contributed by atoms with Gasteiger partial charge in [0.2, 0.25) is 5.76 Å². The highest BCUT2D eigenvalue weighted by Gasteiger charge is 2.24. The van der Waals surface area contributed by atoms with Crippen LogP contribution in [0.25, 0.3) is 0 Å². The number of rotatable bonds is 2. The summed E-state index contributed by atoms with van der Waals surface area (Å²) in [6, 6.07) is 6.07. The third-order valence-corrected chi connectivity index (χ3v) is 4.29. The van der Waals surface area contributed by atoms with Crippen molar-refractivity contribution in [1.82, 2.24) is 10.5 Å². The van der Waals surface area contributed by atoms with Crippen molar-refractivity contribution < 1.29 is 13.7 Å². The van der Waals surface area contributed by atoms with Gasteiger partial charge in [0, 0.05) is 16.7 Å². The molecule has 104 valence electrons. The van der Waals surface area contributed by atoms with E-state index < -0.39 is 0 Å². The van der Waals surface area contributed by atoms with Gasteiger partial charge >= 0.3 is 0 Å². The van der Waals surface area contributed by atoms with Crippen molar-refractivity contribution in [2.45, 2.75) is 24.3 Å². The number of nitrogens with one attached hydrogen (secondary N) is 1. The maximum atomic E-state index is 13.4. The molecule has 1 aliphatic rings. The molecule has 1 N–H and O–H groups in total. The summed E-state index contributed by atoms with van der Waals surface area (Å²) in [5.74, 6) is 0.455. The minimum absolute atomic E-state index is 0.179. The predicted octanol–water partition coefficient (Wildman–Crippen LogP) is 3.09. The molecule has 6 heteroatoms. The summed E-state index contributed by atoms with van der Waals surface area (Å²) in [5.41, 5.74) is 1.48. The van der Waals surface area contributed by atoms with Crippen molar-refractivity contribution in [2.24, 2.45) is 0 Å². The number of benzene rings is 1. The molecule has 2 heterocycles. The number of amides is 1. The largest absolute Gasteiger partial charge is 0.351 e. The zero-order valence-corrected chi connectivity index (χ0v) is 11.7. The fraction of sp³-hybridized carbons (Fsp3) is 0.286. The van der Waals surface area contributed by atoms with Crippen LogP contribution in [0.2, 0.25) is 0 Å². The quantitative estimate of drug-likeness (QED) is 0.924. The predicted molar refractivity (Wildman–Crippen MR) is 73.2 cm³/mol. The molecule has 1 atom stereocenters. The van der Waals surface area contributed by atoms with E-state index in [1.165, 1.54) is 12.1 Å². The van der Waals surface area contributed by atoms with Crippen LogP contribution in [-0.2, 0) is 0 Å². The maximum Gasteiger partial charge on any atom is 0.290 e. The third-order valence-electron chi connectivity index (χ3n) is 3.17. The molecular formula is C14H13FN2O2S. The smallest absolute Gasteiger partial charge is 0.290 e. The van der Waals surface area contributed by atoms with E-state index in [0.29, 0.717) is 5.69 Å². The molecule has 0 bridgehead atoms. The number of carbonyl (C=O) groups is 1. The van der Waals surface area contributed by atoms with Crippen molar-refractivity contribution in [1.29, 1.82) is 0 Å². The number of hydrogen-bond acceptors (Lipinski definition) is 4. The highest BCUT2D eigenvalue weighted by Crippen LogP contribution is 2.36. The van der Waals surface area contributed by atoms with E-state index in [1.54, 1.807) is 30.8 Å². The first-order chi connectivity index (χ1) is 9.63. The van der Waals surface area contributed by atoms with Gasteiger partial charge in [-0.25, -0.2) is 4.39 Å². The van der Waals surface area contributed by atoms with Crippen molar-refractivity contribution in [3.8, 4) is 0 Å². The van der Waals surface area contributed by atoms with E-state index in [-0.39, 0.29) is 23.5 Å². The first-order valence-corrected chi connectivity index (χ1v) is 7.28. The van der Waals surface area contributed by atoms with Crippen LogP contribution in [0.15, 0.2) is 33.7 Å². The monoisotopic (exact) mass is 292 g/mol. The van der Waals surface area contributed by atoms with Crippen LogP contribution in [0.5, 0.6) is 0 Å². The summed E-state index contributed by atoms with van der Waals surface area (Å²) >= 11 is 1.67. The van der Waals surface area contributed by atoms with E-state index in [1.807, 2.05) is 0 Å². The number of nitrogens with zero attached hydrogens (tertiary/aromatic N) is 1. The Labute approximate surface area is 119 Å². The minimum Gasteiger partial charge on any atom is -0.351 e. The molecule has 1 aromatic carbocycles. The average Bonchev–Trinajstić information content (AvgIpc) is 2.86. The second-order valence-corrected chi connectivity index (χ2v) is 5.81. The molecule has 0 aliphatic carbocycles. The fourth-order valence-corrected chi connectivity index (χ4v) is 3.32. The number of halogens is 1. The van der Waals surface area contributed by atoms with E-state index in [0.717, 1.165) is 22.6 Å². The number of aromatic nitrogens is 1. The minimum atomic E-state index is -0.322. The van der Waals surface area contributed by atoms with Gasteiger partial charge in [-0.1, -0.05) is 5.16 Å². The molecule has 3 rings (SSSR count). The number of fused-ring (bicyclic) bond motifs is 1. The molecule has 0 fully saturated rings. The summed E-state index contributed by atoms with van der Waals surface area (Å²) in [6.07, 6.45) is 0.764. The molecule has 1 amide bonds. The van der Waals surface area contributed by atoms with Crippen LogP contribution in [0, 0.1) is 12.7 Å². The molecule has 1 aromatic heterocycles. The Kier molecular flexibility index (Phi) is 3.48. The summed E-state index contributed by atoms with van der Waals surface area (Å²) < 4.78 is 18.3. The van der Waals surface area contributed by atoms with Crippen molar-refractivity contribution in [3.63, 3.8) is 0 Å². The Balaban J connectivity index is 1.82. The average molecular weight is 292 g/mol. The zero-order chi connectivity index (χ0) is 14.1. The summed E-state index contributed by atoms with van der Waals surface area (Å²) in [7, 11) is 0. The lowest BCUT2D eigenvalue weighted by Gasteiger charge is -2.25. The van der Waals surface area contributed by atoms with Crippen LogP contribution in [-0.4, -0.2) is 16.8 Å². The van der Waals surface area contributed by atoms with Crippen molar-refractivity contribution in [3.05, 3.63) is 47.1 Å². The number of thioether (sulfide) groups is 1. The first-order valence-electron chi connectivity index (χ1n) is 6.30. The topological polar surface area (TPSA) is 55.1 Å². The molecule has 0 saturated heterocycles. The van der Waals surface area contributed by atoms with E-state index >= 15 is 0 Å². The maximum absolute atomic E-state index is 13.4. The van der Waals surface area contributed by atoms with Crippen LogP contribution < -0.4 is 5.32 Å². The van der Waals surface area contributed by atoms with Gasteiger partial charge in [-0.15, -0.1) is 11.8 Å². The zero-order valence-electron chi connectivity index (χ0n) is 10.9. The van der Waals surface area contributed by atoms with Gasteiger partial charge in [-0.3, -0.25) is 4.79 Å². The van der Waals surface area contributed by atoms with Crippen LogP contribution in [0.4, 0.5) is 4.39 Å². The van der Waals surface area contributed by atoms with Gasteiger partial charge in [0.15, 0.2) is 0 Å². The summed E-state index contributed by atoms with van der Waals surface area (Å²) in [4.78, 5) is 13.1. The van der Waals surface area contributed by atoms with Crippen LogP contribution in [0.1, 0.15) is 34.3 Å². The van der Waals surface area contributed by atoms with Crippen LogP contribution in [0.3, 0.4) is 0 Å². The van der Waals surface area contributed by atoms with Gasteiger partial charge in [0.25, 0.3) is 5.91 Å². The molecular weight excluding hydrogens is 279 g/mol. The number of hydrogen-bond donors (Lipinski definition) is 1. The molecule has 20 heavy (non-hydrogen) atoms. The molecule has 0 radical (unpaired) electrons. The molecule has 0 saturated carbocycles. The van der Waals surface area contributed by atoms with Gasteiger partial charge in [-0.2, -0.15) is 0 Å². The highest BCUT2D eigenvalue weighted by molar-refractivity contribution is 7.99. The summed E-state index contributed by atoms with van der Waals surface area (Å²) in [5, 5.41) is 6.57. The Morgan fingerprint density at radius 3 is 3.10 bits per heavy atom. The molecule has 1 aliphatic heterocycles. The standard InChI is InChI=1S/C14H13FN2O2S/c1-8-6-12(19-17-8)14(18)16-11-4-5-20-13-3-2-9(15)7-10(11)13/h2-3,6-7,11H,4-5H2,1H3,(H,16,18). The van der Waals surface area contributed by atoms with Gasteiger partial charge in [0.1, 0.15) is 5.82 Å². The Morgan fingerprint density at radius 1 is 1.50 bits per heavy atom. The molecule has 4 nitrogen and oxygen atoms in total. The van der Waals surface area contributed by atoms with E-state index in [2.05, 4.69) is 10.5 Å². The number of carbonyl (C=O) groups excluding carboxylic acids is 1. The van der Waals surface area contributed by atoms with Gasteiger partial charge in [0.05, 0.1) is 11.7 Å². The molecule has 2 aromatic rings. The lowest BCUT2D eigenvalue weighted by atomic mass is 10.0. The van der Waals surface area contributed by atoms with Crippen LogP contribution >= 0.6 is 11.8 Å². The summed E-state index contributed by atoms with van der Waals surface area (Å²) in [6.45, 7) is 1.75. The SMILES string of the molecule is Cc1cc(C(=O)NC2CCSc3ccc(F)cc32)on1. The second kappa shape index (κ2) is 5.28. The normalized spacial score (nSPS) is 17.6. The van der Waals surface area contributed by atoms with E-state index in [4.69, 9.17) is 4.52 Å². The third kappa shape index (κ3) is 2.56. The Morgan fingerprint density at radius 2 is 2.35 bits per heavy atom. The lowest BCUT2D eigenvalue weighted by Crippen LogP contribution is -2.30. The molecule has 1 unspecified atom stereocenters. The van der Waals surface area contributed by atoms with Crippen molar-refractivity contribution in [2.75, 3.05) is 5.75 Å². The highest BCUT2D eigenvalue weighted by atomic mass is 32.2. The Bertz CT molecular complexity index is 656. The Hall–Kier alpha value is -1.82. The molecule has 0 spiro atoms. The second-order valence-electron chi connectivity index (χ2n) is 4.68. The van der Waals surface area contributed by atoms with E-state index in [9.17, 15) is 9.18 Å².